The summed E-state index contributed by atoms with van der Waals surface area (Å²) >= 11 is 21.6. The maximum absolute atomic E-state index is 13.1. The fourth-order valence-electron chi connectivity index (χ4n) is 7.06. The molecule has 0 bridgehead atoms. The van der Waals surface area contributed by atoms with Gasteiger partial charge in [0.15, 0.2) is 20.4 Å². The van der Waals surface area contributed by atoms with E-state index >= 15 is 0 Å². The number of rotatable bonds is 11. The summed E-state index contributed by atoms with van der Waals surface area (Å²) < 4.78 is 0. The summed E-state index contributed by atoms with van der Waals surface area (Å²) in [6, 6.07) is 10.2. The van der Waals surface area contributed by atoms with Crippen LogP contribution in [0.4, 0.5) is 22.7 Å². The van der Waals surface area contributed by atoms with Gasteiger partial charge in [-0.05, 0) is 117 Å². The molecule has 0 unspecified atom stereocenters. The standard InChI is InChI=1S/C35H49N11O2S4/c1-22-28(41-33(37)50)18-23(19-29(22)43-35(52)39-20-30(47)45-11-4-5-12-45)17-25-26(40-32(36)49)9-6-10-27(25)42-34(51)38-21-31(48)46-15-13-44(14-16-46)24-7-2-3-8-24/h6,9-10,18-19,24H,2-5,7-8,11-17,20-21H2,1H3,(H3,36,40,49)(H3,37,41,50)(H2,38,42,51)(H2,39,43,52). The van der Waals surface area contributed by atoms with E-state index in [-0.39, 0.29) is 35.1 Å². The van der Waals surface area contributed by atoms with Crippen molar-refractivity contribution in [2.24, 2.45) is 11.5 Å². The highest BCUT2D eigenvalue weighted by Gasteiger charge is 2.28. The molecule has 13 nitrogen and oxygen atoms in total. The molecule has 2 saturated heterocycles. The molecule has 280 valence electrons. The highest BCUT2D eigenvalue weighted by atomic mass is 32.1. The number of nitrogens with two attached hydrogens (primary N) is 2. The molecule has 17 heteroatoms. The lowest BCUT2D eigenvalue weighted by atomic mass is 9.98. The Morgan fingerprint density at radius 1 is 0.692 bits per heavy atom. The SMILES string of the molecule is Cc1c(NC(N)=S)cc(Cc2c(NC(N)=S)cccc2NC(=S)NCC(=O)N2CCN(C3CCCC3)CC2)cc1NC(=S)NCC(=O)N1CCCC1. The molecule has 0 aromatic heterocycles. The molecule has 52 heavy (non-hydrogen) atoms. The summed E-state index contributed by atoms with van der Waals surface area (Å²) in [4.78, 5) is 32.0. The lowest BCUT2D eigenvalue weighted by Gasteiger charge is -2.38. The van der Waals surface area contributed by atoms with Gasteiger partial charge in [-0.2, -0.15) is 0 Å². The molecule has 2 aromatic carbocycles. The Kier molecular flexibility index (Phi) is 14.2. The molecule has 3 fully saturated rings. The molecular weight excluding hydrogens is 735 g/mol. The van der Waals surface area contributed by atoms with Crippen LogP contribution in [0.2, 0.25) is 0 Å². The van der Waals surface area contributed by atoms with Crippen molar-refractivity contribution in [2.45, 2.75) is 57.9 Å². The van der Waals surface area contributed by atoms with E-state index in [4.69, 9.17) is 60.3 Å². The predicted octanol–water partition coefficient (Wildman–Crippen LogP) is 3.18. The Balaban J connectivity index is 1.27. The van der Waals surface area contributed by atoms with Gasteiger partial charge in [0.05, 0.1) is 13.1 Å². The van der Waals surface area contributed by atoms with Crippen molar-refractivity contribution in [2.75, 3.05) is 73.6 Å². The van der Waals surface area contributed by atoms with Gasteiger partial charge in [-0.1, -0.05) is 18.9 Å². The summed E-state index contributed by atoms with van der Waals surface area (Å²) in [7, 11) is 0. The number of piperazine rings is 1. The van der Waals surface area contributed by atoms with Gasteiger partial charge in [0.1, 0.15) is 0 Å². The van der Waals surface area contributed by atoms with Crippen molar-refractivity contribution in [3.63, 3.8) is 0 Å². The van der Waals surface area contributed by atoms with E-state index in [0.29, 0.717) is 45.4 Å². The minimum atomic E-state index is 0.0130. The fraction of sp³-hybridized carbons (Fsp3) is 0.486. The van der Waals surface area contributed by atoms with Crippen LogP contribution in [0.1, 0.15) is 55.2 Å². The Labute approximate surface area is 327 Å². The first-order valence-electron chi connectivity index (χ1n) is 17.7. The van der Waals surface area contributed by atoms with Crippen molar-refractivity contribution in [1.29, 1.82) is 0 Å². The van der Waals surface area contributed by atoms with E-state index in [9.17, 15) is 9.59 Å². The van der Waals surface area contributed by atoms with Crippen molar-refractivity contribution in [1.82, 2.24) is 25.3 Å². The van der Waals surface area contributed by atoms with E-state index in [2.05, 4.69) is 36.8 Å². The van der Waals surface area contributed by atoms with E-state index in [1.54, 1.807) is 0 Å². The normalized spacial score (nSPS) is 16.2. The second-order valence-electron chi connectivity index (χ2n) is 13.4. The Morgan fingerprint density at radius 3 is 1.73 bits per heavy atom. The van der Waals surface area contributed by atoms with Gasteiger partial charge in [0.25, 0.3) is 0 Å². The van der Waals surface area contributed by atoms with Crippen LogP contribution in [0.3, 0.4) is 0 Å². The number of benzene rings is 2. The predicted molar refractivity (Wildman–Crippen MR) is 226 cm³/mol. The number of carbonyl (C=O) groups is 2. The van der Waals surface area contributed by atoms with Gasteiger partial charge in [-0.3, -0.25) is 14.5 Å². The summed E-state index contributed by atoms with van der Waals surface area (Å²) in [5, 5.41) is 19.7. The highest BCUT2D eigenvalue weighted by molar-refractivity contribution is 7.81. The maximum atomic E-state index is 13.1. The Morgan fingerprint density at radius 2 is 1.17 bits per heavy atom. The summed E-state index contributed by atoms with van der Waals surface area (Å²) in [6.07, 6.45) is 7.57. The summed E-state index contributed by atoms with van der Waals surface area (Å²) in [5.41, 5.74) is 17.1. The Bertz CT molecular complexity index is 1670. The zero-order valence-corrected chi connectivity index (χ0v) is 32.8. The van der Waals surface area contributed by atoms with Crippen LogP contribution in [0.15, 0.2) is 30.3 Å². The van der Waals surface area contributed by atoms with Crippen molar-refractivity contribution < 1.29 is 9.59 Å². The van der Waals surface area contributed by atoms with Crippen LogP contribution in [0.5, 0.6) is 0 Å². The number of nitrogens with zero attached hydrogens (tertiary/aromatic N) is 3. The third kappa shape index (κ3) is 11.1. The monoisotopic (exact) mass is 783 g/mol. The number of hydrogen-bond donors (Lipinski definition) is 8. The molecule has 5 rings (SSSR count). The third-order valence-corrected chi connectivity index (χ3v) is 10.5. The minimum Gasteiger partial charge on any atom is -0.376 e. The van der Waals surface area contributed by atoms with Crippen LogP contribution in [0.25, 0.3) is 0 Å². The average molecular weight is 784 g/mol. The zero-order valence-electron chi connectivity index (χ0n) is 29.5. The lowest BCUT2D eigenvalue weighted by Crippen LogP contribution is -2.53. The van der Waals surface area contributed by atoms with Crippen molar-refractivity contribution in [3.8, 4) is 0 Å². The number of amides is 2. The highest BCUT2D eigenvalue weighted by Crippen LogP contribution is 2.32. The molecule has 0 spiro atoms. The van der Waals surface area contributed by atoms with Crippen molar-refractivity contribution >= 4 is 104 Å². The topological polar surface area (TPSA) is 168 Å². The van der Waals surface area contributed by atoms with Crippen LogP contribution in [-0.4, -0.2) is 105 Å². The molecule has 1 saturated carbocycles. The number of anilines is 4. The number of nitrogens with one attached hydrogen (secondary N) is 6. The molecule has 2 aromatic rings. The molecular formula is C35H49N11O2S4. The van der Waals surface area contributed by atoms with Gasteiger partial charge in [-0.25, -0.2) is 0 Å². The molecule has 10 N–H and O–H groups in total. The van der Waals surface area contributed by atoms with Gasteiger partial charge in [-0.15, -0.1) is 0 Å². The van der Waals surface area contributed by atoms with E-state index < -0.39 is 0 Å². The van der Waals surface area contributed by atoms with Gasteiger partial charge >= 0.3 is 0 Å². The Hall–Kier alpha value is -3.90. The van der Waals surface area contributed by atoms with E-state index in [0.717, 1.165) is 68.8 Å². The molecule has 2 amide bonds. The largest absolute Gasteiger partial charge is 0.376 e. The second kappa shape index (κ2) is 18.7. The maximum Gasteiger partial charge on any atom is 0.242 e. The van der Waals surface area contributed by atoms with E-state index in [1.165, 1.54) is 25.7 Å². The summed E-state index contributed by atoms with van der Waals surface area (Å²) in [5.74, 6) is 0.0313. The van der Waals surface area contributed by atoms with E-state index in [1.807, 2.05) is 47.1 Å². The summed E-state index contributed by atoms with van der Waals surface area (Å²) in [6.45, 7) is 6.94. The van der Waals surface area contributed by atoms with Crippen LogP contribution in [-0.2, 0) is 16.0 Å². The van der Waals surface area contributed by atoms with Crippen LogP contribution in [0, 0.1) is 6.92 Å². The number of thiocarbonyl (C=S) groups is 4. The molecule has 3 aliphatic rings. The zero-order chi connectivity index (χ0) is 37.2. The van der Waals surface area contributed by atoms with Gasteiger partial charge in [0, 0.05) is 80.0 Å². The molecule has 2 aliphatic heterocycles. The fourth-order valence-corrected chi connectivity index (χ4v) is 7.64. The first-order chi connectivity index (χ1) is 25.0. The number of likely N-dealkylation sites (tertiary alicyclic amines) is 1. The number of carbonyl (C=O) groups excluding carboxylic acids is 2. The molecule has 2 heterocycles. The first-order valence-corrected chi connectivity index (χ1v) is 19.4. The van der Waals surface area contributed by atoms with Gasteiger partial charge < -0.3 is 53.2 Å². The van der Waals surface area contributed by atoms with Gasteiger partial charge in [0.2, 0.25) is 11.8 Å². The third-order valence-electron chi connectivity index (χ3n) is 9.80. The first kappa shape index (κ1) is 39.3. The minimum absolute atomic E-state index is 0.0130. The lowest BCUT2D eigenvalue weighted by molar-refractivity contribution is -0.132. The molecule has 0 atom stereocenters. The second-order valence-corrected chi connectivity index (χ2v) is 15.1. The van der Waals surface area contributed by atoms with Crippen molar-refractivity contribution in [3.05, 3.63) is 47.0 Å². The molecule has 1 aliphatic carbocycles. The average Bonchev–Trinajstić information content (AvgIpc) is 3.85. The van der Waals surface area contributed by atoms with Crippen LogP contribution < -0.4 is 43.4 Å². The molecule has 0 radical (unpaired) electrons. The van der Waals surface area contributed by atoms with Crippen LogP contribution >= 0.6 is 48.9 Å². The quantitative estimate of drug-likeness (QED) is 0.157. The number of hydrogen-bond acceptors (Lipinski definition) is 7. The smallest absolute Gasteiger partial charge is 0.242 e.